The van der Waals surface area contributed by atoms with E-state index in [2.05, 4.69) is 11.1 Å². The minimum atomic E-state index is -0.939. The van der Waals surface area contributed by atoms with Gasteiger partial charge in [-0.15, -0.1) is 0 Å². The van der Waals surface area contributed by atoms with E-state index in [1.165, 1.54) is 7.05 Å². The Morgan fingerprint density at radius 1 is 1.29 bits per heavy atom. The van der Waals surface area contributed by atoms with Crippen LogP contribution >= 0.6 is 11.6 Å². The molecule has 5 nitrogen and oxygen atoms in total. The lowest BCUT2D eigenvalue weighted by Gasteiger charge is -2.02. The van der Waals surface area contributed by atoms with Gasteiger partial charge in [-0.05, 0) is 31.3 Å². The molecule has 4 N–H and O–H groups in total. The number of nitrogens with two attached hydrogens (primary N) is 1. The maximum absolute atomic E-state index is 11.4. The highest BCUT2D eigenvalue weighted by molar-refractivity contribution is 6.30. The average Bonchev–Trinajstić information content (AvgIpc) is 2.32. The lowest BCUT2D eigenvalue weighted by atomic mass is 10.2. The molecule has 0 aliphatic heterocycles. The van der Waals surface area contributed by atoms with E-state index in [0.717, 1.165) is 0 Å². The first kappa shape index (κ1) is 15.4. The summed E-state index contributed by atoms with van der Waals surface area (Å²) in [4.78, 5) is 21.6. The van der Waals surface area contributed by atoms with Gasteiger partial charge in [0.2, 0.25) is 0 Å². The van der Waals surface area contributed by atoms with Crippen LogP contribution in [0.4, 0.5) is 0 Å². The summed E-state index contributed by atoms with van der Waals surface area (Å²) >= 11 is 5.65. The molecule has 0 unspecified atom stereocenters. The molecule has 0 spiro atoms. The number of carboxylic acids is 1. The molecule has 0 aliphatic carbocycles. The molecule has 0 heterocycles. The van der Waals surface area contributed by atoms with E-state index in [1.54, 1.807) is 24.3 Å². The number of rotatable bonds is 4. The second kappa shape index (κ2) is 8.55. The van der Waals surface area contributed by atoms with Crippen LogP contribution in [0.5, 0.6) is 0 Å². The van der Waals surface area contributed by atoms with Crippen LogP contribution in [-0.4, -0.2) is 30.6 Å². The zero-order valence-electron chi connectivity index (χ0n) is 9.44. The van der Waals surface area contributed by atoms with Crippen LogP contribution in [0, 0.1) is 0 Å². The van der Waals surface area contributed by atoms with Crippen molar-refractivity contribution in [3.63, 3.8) is 0 Å². The summed E-state index contributed by atoms with van der Waals surface area (Å²) in [5.41, 5.74) is 4.96. The molecule has 0 bridgehead atoms. The van der Waals surface area contributed by atoms with Gasteiger partial charge in [0.25, 0.3) is 5.91 Å². The van der Waals surface area contributed by atoms with Crippen molar-refractivity contribution >= 4 is 23.5 Å². The van der Waals surface area contributed by atoms with Crippen molar-refractivity contribution in [1.82, 2.24) is 5.32 Å². The molecule has 0 saturated carbocycles. The first-order valence-corrected chi connectivity index (χ1v) is 5.30. The van der Waals surface area contributed by atoms with Gasteiger partial charge >= 0.3 is 5.97 Å². The Hall–Kier alpha value is -1.59. The van der Waals surface area contributed by atoms with Crippen LogP contribution in [0.15, 0.2) is 24.3 Å². The Balaban J connectivity index is 0.00000121. The minimum Gasteiger partial charge on any atom is -0.481 e. The molecule has 1 aromatic rings. The third-order valence-electron chi connectivity index (χ3n) is 1.73. The fourth-order valence-electron chi connectivity index (χ4n) is 0.986. The van der Waals surface area contributed by atoms with Crippen LogP contribution < -0.4 is 11.1 Å². The van der Waals surface area contributed by atoms with Gasteiger partial charge < -0.3 is 16.2 Å². The van der Waals surface area contributed by atoms with Gasteiger partial charge in [-0.2, -0.15) is 0 Å². The molecule has 0 aliphatic rings. The second-order valence-corrected chi connectivity index (χ2v) is 3.34. The molecule has 0 saturated heterocycles. The predicted octanol–water partition coefficient (Wildman–Crippen LogP) is 1.12. The molecule has 1 aromatic carbocycles. The van der Waals surface area contributed by atoms with Gasteiger partial charge in [0.05, 0.1) is 6.42 Å². The molecule has 0 radical (unpaired) electrons. The molecule has 1 amide bonds. The van der Waals surface area contributed by atoms with Crippen molar-refractivity contribution in [2.75, 3.05) is 13.6 Å². The van der Waals surface area contributed by atoms with Crippen molar-refractivity contribution < 1.29 is 14.7 Å². The molecule has 6 heteroatoms. The third-order valence-corrected chi connectivity index (χ3v) is 1.98. The molecule has 0 aromatic heterocycles. The lowest BCUT2D eigenvalue weighted by molar-refractivity contribution is -0.136. The van der Waals surface area contributed by atoms with E-state index in [9.17, 15) is 9.59 Å². The number of halogens is 1. The number of carboxylic acid groups (broad SMARTS) is 1. The quantitative estimate of drug-likeness (QED) is 0.755. The fraction of sp³-hybridized carbons (Fsp3) is 0.273. The standard InChI is InChI=1S/C10H10ClNO3.CH5N/c11-8-3-1-7(2-4-8)10(15)12-6-5-9(13)14;1-2/h1-4H,5-6H2,(H,12,15)(H,13,14);2H2,1H3. The van der Waals surface area contributed by atoms with E-state index in [1.807, 2.05) is 0 Å². The first-order valence-electron chi connectivity index (χ1n) is 4.93. The van der Waals surface area contributed by atoms with Crippen molar-refractivity contribution in [2.24, 2.45) is 5.73 Å². The van der Waals surface area contributed by atoms with Gasteiger partial charge in [-0.1, -0.05) is 11.6 Å². The largest absolute Gasteiger partial charge is 0.481 e. The molecular formula is C11H15ClN2O3. The number of hydrogen-bond acceptors (Lipinski definition) is 3. The number of amides is 1. The SMILES string of the molecule is CN.O=C(O)CCNC(=O)c1ccc(Cl)cc1. The summed E-state index contributed by atoms with van der Waals surface area (Å²) in [6.07, 6.45) is -0.0840. The van der Waals surface area contributed by atoms with E-state index in [-0.39, 0.29) is 18.9 Å². The van der Waals surface area contributed by atoms with Crippen LogP contribution in [0.1, 0.15) is 16.8 Å². The highest BCUT2D eigenvalue weighted by Gasteiger charge is 2.05. The number of aliphatic carboxylic acids is 1. The highest BCUT2D eigenvalue weighted by atomic mass is 35.5. The number of hydrogen-bond donors (Lipinski definition) is 3. The van der Waals surface area contributed by atoms with Crippen molar-refractivity contribution in [1.29, 1.82) is 0 Å². The maximum atomic E-state index is 11.4. The predicted molar refractivity (Wildman–Crippen MR) is 66.1 cm³/mol. The first-order chi connectivity index (χ1) is 8.09. The van der Waals surface area contributed by atoms with Crippen molar-refractivity contribution in [2.45, 2.75) is 6.42 Å². The number of carbonyl (C=O) groups is 2. The molecule has 0 atom stereocenters. The van der Waals surface area contributed by atoms with Gasteiger partial charge in [0.15, 0.2) is 0 Å². The lowest BCUT2D eigenvalue weighted by Crippen LogP contribution is -2.25. The number of carbonyl (C=O) groups excluding carboxylic acids is 1. The monoisotopic (exact) mass is 258 g/mol. The van der Waals surface area contributed by atoms with E-state index >= 15 is 0 Å². The van der Waals surface area contributed by atoms with Crippen LogP contribution in [0.25, 0.3) is 0 Å². The van der Waals surface area contributed by atoms with Gasteiger partial charge in [-0.25, -0.2) is 0 Å². The fourth-order valence-corrected chi connectivity index (χ4v) is 1.11. The van der Waals surface area contributed by atoms with E-state index < -0.39 is 5.97 Å². The Morgan fingerprint density at radius 3 is 2.29 bits per heavy atom. The molecule has 94 valence electrons. The van der Waals surface area contributed by atoms with Crippen molar-refractivity contribution in [3.05, 3.63) is 34.9 Å². The zero-order chi connectivity index (χ0) is 13.3. The molecular weight excluding hydrogens is 244 g/mol. The minimum absolute atomic E-state index is 0.0840. The van der Waals surface area contributed by atoms with E-state index in [4.69, 9.17) is 16.7 Å². The van der Waals surface area contributed by atoms with Gasteiger partial charge in [0.1, 0.15) is 0 Å². The van der Waals surface area contributed by atoms with Crippen LogP contribution in [-0.2, 0) is 4.79 Å². The van der Waals surface area contributed by atoms with Crippen LogP contribution in [0.2, 0.25) is 5.02 Å². The highest BCUT2D eigenvalue weighted by Crippen LogP contribution is 2.09. The van der Waals surface area contributed by atoms with Gasteiger partial charge in [-0.3, -0.25) is 9.59 Å². The van der Waals surface area contributed by atoms with Crippen LogP contribution in [0.3, 0.4) is 0 Å². The molecule has 0 fully saturated rings. The zero-order valence-corrected chi connectivity index (χ0v) is 10.2. The number of nitrogens with one attached hydrogen (secondary N) is 1. The van der Waals surface area contributed by atoms with E-state index in [0.29, 0.717) is 10.6 Å². The molecule has 17 heavy (non-hydrogen) atoms. The summed E-state index contributed by atoms with van der Waals surface area (Å²) in [6, 6.07) is 6.37. The Morgan fingerprint density at radius 2 is 1.82 bits per heavy atom. The number of benzene rings is 1. The summed E-state index contributed by atoms with van der Waals surface area (Å²) in [7, 11) is 1.50. The summed E-state index contributed by atoms with van der Waals surface area (Å²) in [5.74, 6) is -1.24. The van der Waals surface area contributed by atoms with Crippen molar-refractivity contribution in [3.8, 4) is 0 Å². The average molecular weight is 259 g/mol. The Kier molecular flexibility index (Phi) is 7.75. The normalized spacial score (nSPS) is 8.88. The summed E-state index contributed by atoms with van der Waals surface area (Å²) < 4.78 is 0. The topological polar surface area (TPSA) is 92.4 Å². The Bertz CT molecular complexity index is 365. The van der Waals surface area contributed by atoms with Gasteiger partial charge in [0, 0.05) is 17.1 Å². The maximum Gasteiger partial charge on any atom is 0.305 e. The smallest absolute Gasteiger partial charge is 0.305 e. The summed E-state index contributed by atoms with van der Waals surface area (Å²) in [5, 5.41) is 11.4. The Labute approximate surface area is 105 Å². The third kappa shape index (κ3) is 6.55. The summed E-state index contributed by atoms with van der Waals surface area (Å²) in [6.45, 7) is 0.122. The second-order valence-electron chi connectivity index (χ2n) is 2.91. The molecule has 1 rings (SSSR count).